The Bertz CT molecular complexity index is 1100. The second-order valence-electron chi connectivity index (χ2n) is 15.7. The summed E-state index contributed by atoms with van der Waals surface area (Å²) in [5.41, 5.74) is -2.53. The largest absolute Gasteiger partial charge is 0.454 e. The van der Waals surface area contributed by atoms with Crippen molar-refractivity contribution in [3.05, 3.63) is 0 Å². The molecule has 8 aliphatic carbocycles. The molecule has 8 rings (SSSR count). The van der Waals surface area contributed by atoms with E-state index in [4.69, 9.17) is 14.2 Å². The number of carbonyl (C=O) groups is 2. The summed E-state index contributed by atoms with van der Waals surface area (Å²) in [6.45, 7) is 5.96. The first-order valence-corrected chi connectivity index (χ1v) is 17.7. The van der Waals surface area contributed by atoms with Crippen LogP contribution in [0.2, 0.25) is 0 Å². The molecule has 8 saturated carbocycles. The number of halogens is 4. The van der Waals surface area contributed by atoms with Gasteiger partial charge in [-0.3, -0.25) is 0 Å². The summed E-state index contributed by atoms with van der Waals surface area (Å²) in [6, 6.07) is 0. The van der Waals surface area contributed by atoms with Crippen LogP contribution in [0.15, 0.2) is 0 Å². The van der Waals surface area contributed by atoms with Crippen LogP contribution in [0.5, 0.6) is 0 Å². The summed E-state index contributed by atoms with van der Waals surface area (Å²) >= 11 is 0. The van der Waals surface area contributed by atoms with Gasteiger partial charge in [0.15, 0.2) is 0 Å². The second-order valence-corrected chi connectivity index (χ2v) is 15.7. The molecule has 10 heteroatoms. The number of methoxy groups -OCH3 is 1. The molecule has 0 saturated heterocycles. The molecule has 6 nitrogen and oxygen atoms in total. The lowest BCUT2D eigenvalue weighted by atomic mass is 9.42. The maximum Gasteiger partial charge on any atom is 0.415 e. The van der Waals surface area contributed by atoms with Crippen molar-refractivity contribution in [2.75, 3.05) is 13.7 Å². The van der Waals surface area contributed by atoms with Crippen LogP contribution in [0.25, 0.3) is 0 Å². The molecule has 0 radical (unpaired) electrons. The van der Waals surface area contributed by atoms with Gasteiger partial charge in [-0.1, -0.05) is 33.6 Å². The first-order valence-electron chi connectivity index (χ1n) is 17.7. The fraction of sp³-hybridized carbons (Fsp3) is 0.943. The molecule has 7 unspecified atom stereocenters. The monoisotopic (exact) mass is 644 g/mol. The second kappa shape index (κ2) is 11.9. The highest BCUT2D eigenvalue weighted by Gasteiger charge is 2.74. The fourth-order valence-electron chi connectivity index (χ4n) is 12.0. The van der Waals surface area contributed by atoms with Crippen molar-refractivity contribution in [2.24, 2.45) is 59.2 Å². The summed E-state index contributed by atoms with van der Waals surface area (Å²) in [4.78, 5) is 26.6. The highest BCUT2D eigenvalue weighted by atomic mass is 19.3. The first-order chi connectivity index (χ1) is 21.3. The molecule has 8 fully saturated rings. The van der Waals surface area contributed by atoms with E-state index in [1.807, 2.05) is 20.8 Å². The Labute approximate surface area is 264 Å². The topological polar surface area (TPSA) is 82.1 Å². The van der Waals surface area contributed by atoms with E-state index >= 15 is 17.6 Å². The molecule has 0 spiro atoms. The third-order valence-corrected chi connectivity index (χ3v) is 13.9. The number of rotatable bonds is 13. The number of carbonyl (C=O) groups excluding carboxylic acids is 2. The molecule has 256 valence electrons. The summed E-state index contributed by atoms with van der Waals surface area (Å²) in [5.74, 6) is -15.3. The van der Waals surface area contributed by atoms with Crippen molar-refractivity contribution in [3.63, 3.8) is 0 Å². The van der Waals surface area contributed by atoms with E-state index in [9.17, 15) is 14.7 Å². The van der Waals surface area contributed by atoms with Crippen LogP contribution in [0.4, 0.5) is 17.6 Å². The number of hydrogen-bond acceptors (Lipinski definition) is 6. The molecule has 0 aromatic rings. The van der Waals surface area contributed by atoms with Crippen LogP contribution in [0.3, 0.4) is 0 Å². The van der Waals surface area contributed by atoms with E-state index in [1.54, 1.807) is 7.11 Å². The van der Waals surface area contributed by atoms with Gasteiger partial charge < -0.3 is 19.3 Å². The minimum atomic E-state index is -5.38. The third kappa shape index (κ3) is 4.90. The number of esters is 2. The van der Waals surface area contributed by atoms with Gasteiger partial charge in [0.25, 0.3) is 0 Å². The smallest absolute Gasteiger partial charge is 0.415 e. The third-order valence-electron chi connectivity index (χ3n) is 13.9. The summed E-state index contributed by atoms with van der Waals surface area (Å²) in [6.07, 6.45) is 7.84. The highest BCUT2D eigenvalue weighted by Crippen LogP contribution is 2.66. The van der Waals surface area contributed by atoms with Crippen LogP contribution in [-0.2, 0) is 23.8 Å². The van der Waals surface area contributed by atoms with Crippen molar-refractivity contribution < 1.29 is 46.5 Å². The van der Waals surface area contributed by atoms with E-state index in [0.717, 1.165) is 12.8 Å². The Kier molecular flexibility index (Phi) is 8.87. The first kappa shape index (κ1) is 33.5. The summed E-state index contributed by atoms with van der Waals surface area (Å²) in [7, 11) is 1.68. The summed E-state index contributed by atoms with van der Waals surface area (Å²) < 4.78 is 80.2. The molecule has 0 aromatic heterocycles. The minimum absolute atomic E-state index is 0.00763. The van der Waals surface area contributed by atoms with Gasteiger partial charge in [-0.25, -0.2) is 9.59 Å². The van der Waals surface area contributed by atoms with Gasteiger partial charge in [-0.15, -0.1) is 0 Å². The van der Waals surface area contributed by atoms with Crippen molar-refractivity contribution in [1.29, 1.82) is 0 Å². The molecular weight excluding hydrogens is 592 g/mol. The van der Waals surface area contributed by atoms with E-state index in [2.05, 4.69) is 0 Å². The van der Waals surface area contributed by atoms with Crippen molar-refractivity contribution >= 4 is 11.9 Å². The van der Waals surface area contributed by atoms with Gasteiger partial charge in [0.2, 0.25) is 0 Å². The number of ether oxygens (including phenoxy) is 3. The number of aliphatic hydroxyl groups excluding tert-OH is 1. The molecule has 45 heavy (non-hydrogen) atoms. The zero-order valence-corrected chi connectivity index (χ0v) is 27.3. The Morgan fingerprint density at radius 1 is 0.756 bits per heavy atom. The van der Waals surface area contributed by atoms with E-state index in [-0.39, 0.29) is 71.9 Å². The van der Waals surface area contributed by atoms with Crippen molar-refractivity contribution in [3.8, 4) is 0 Å². The van der Waals surface area contributed by atoms with E-state index in [0.29, 0.717) is 70.6 Å². The van der Waals surface area contributed by atoms with E-state index < -0.39 is 35.0 Å². The van der Waals surface area contributed by atoms with Crippen LogP contribution < -0.4 is 0 Å². The molecule has 0 aliphatic heterocycles. The maximum absolute atomic E-state index is 15.8. The standard InChI is InChI=1S/C35H52F4O6/c1-5-7-9-32(23-12-21-13-24(32)15-22(14-23)29(21)43-4)44-30(41)34(36,37)35(38,39)31(42)45-33(10-8-6-2)25-11-20-16-28(33)19(3)26(17-25)27(20)18-40/h19-29,40H,5-18H2,1-4H3. The van der Waals surface area contributed by atoms with Gasteiger partial charge >= 0.3 is 23.8 Å². The fourth-order valence-corrected chi connectivity index (χ4v) is 12.0. The number of hydrogen-bond donors (Lipinski definition) is 1. The number of unbranched alkanes of at least 4 members (excludes halogenated alkanes) is 2. The zero-order chi connectivity index (χ0) is 32.5. The SMILES string of the molecule is CCCCC1(OC(=O)C(F)(F)C(F)(F)C(=O)OC2(CCCC)C3CC4CC2C(C)C(C3)C4CO)C2CC3CC1CC(C2)C3OC. The lowest BCUT2D eigenvalue weighted by Gasteiger charge is -2.65. The Balaban J connectivity index is 1.23. The van der Waals surface area contributed by atoms with Gasteiger partial charge in [0.05, 0.1) is 6.10 Å². The molecule has 1 N–H and O–H groups in total. The Morgan fingerprint density at radius 2 is 1.22 bits per heavy atom. The molecule has 7 atom stereocenters. The maximum atomic E-state index is 15.8. The number of aliphatic hydroxyl groups is 1. The minimum Gasteiger partial charge on any atom is -0.454 e. The Hall–Kier alpha value is -1.42. The van der Waals surface area contributed by atoms with Gasteiger partial charge in [-0.2, -0.15) is 17.6 Å². The zero-order valence-electron chi connectivity index (χ0n) is 27.3. The quantitative estimate of drug-likeness (QED) is 0.169. The molecule has 0 aromatic carbocycles. The lowest BCUT2D eigenvalue weighted by molar-refractivity contribution is -0.283. The normalized spacial score (nSPS) is 44.8. The van der Waals surface area contributed by atoms with Crippen molar-refractivity contribution in [2.45, 2.75) is 133 Å². The Morgan fingerprint density at radius 3 is 1.71 bits per heavy atom. The van der Waals surface area contributed by atoms with Gasteiger partial charge in [-0.05, 0) is 124 Å². The average Bonchev–Trinajstić information content (AvgIpc) is 3.00. The van der Waals surface area contributed by atoms with Crippen LogP contribution in [0, 0.1) is 59.2 Å². The summed E-state index contributed by atoms with van der Waals surface area (Å²) in [5, 5.41) is 10.0. The van der Waals surface area contributed by atoms with Crippen LogP contribution >= 0.6 is 0 Å². The molecule has 8 bridgehead atoms. The lowest BCUT2D eigenvalue weighted by Crippen LogP contribution is -2.67. The van der Waals surface area contributed by atoms with Gasteiger partial charge in [0.1, 0.15) is 11.2 Å². The predicted molar refractivity (Wildman–Crippen MR) is 157 cm³/mol. The number of alkyl halides is 4. The molecule has 0 heterocycles. The van der Waals surface area contributed by atoms with Crippen LogP contribution in [0.1, 0.15) is 104 Å². The van der Waals surface area contributed by atoms with Crippen LogP contribution in [-0.4, -0.2) is 59.9 Å². The molecular formula is C35H52F4O6. The van der Waals surface area contributed by atoms with Crippen molar-refractivity contribution in [1.82, 2.24) is 0 Å². The predicted octanol–water partition coefficient (Wildman–Crippen LogP) is 7.20. The molecule has 0 amide bonds. The highest BCUT2D eigenvalue weighted by molar-refractivity contribution is 5.90. The van der Waals surface area contributed by atoms with E-state index in [1.165, 1.54) is 0 Å². The molecule has 8 aliphatic rings. The van der Waals surface area contributed by atoms with Gasteiger partial charge in [0, 0.05) is 19.6 Å². The average molecular weight is 645 g/mol.